The monoisotopic (exact) mass is 572 g/mol. The normalized spacial score (nSPS) is 18.0. The van der Waals surface area contributed by atoms with Crippen LogP contribution in [0.5, 0.6) is 17.4 Å². The highest BCUT2D eigenvalue weighted by Crippen LogP contribution is 2.54. The number of carbonyl (C=O) groups excluding carboxylic acids is 1. The summed E-state index contributed by atoms with van der Waals surface area (Å²) in [6.45, 7) is 8.37. The fourth-order valence-corrected chi connectivity index (χ4v) is 5.90. The summed E-state index contributed by atoms with van der Waals surface area (Å²) in [6.07, 6.45) is 7.27. The molecule has 1 saturated heterocycles. The lowest BCUT2D eigenvalue weighted by atomic mass is 9.64. The van der Waals surface area contributed by atoms with Crippen molar-refractivity contribution in [2.75, 3.05) is 31.0 Å². The predicted octanol–water partition coefficient (Wildman–Crippen LogP) is 5.10. The van der Waals surface area contributed by atoms with E-state index in [2.05, 4.69) is 52.1 Å². The van der Waals surface area contributed by atoms with Crippen molar-refractivity contribution in [2.24, 2.45) is 18.4 Å². The third kappa shape index (κ3) is 4.73. The fourth-order valence-electron chi connectivity index (χ4n) is 5.90. The van der Waals surface area contributed by atoms with E-state index in [-0.39, 0.29) is 23.1 Å². The molecule has 12 nitrogen and oxygen atoms in total. The van der Waals surface area contributed by atoms with Crippen molar-refractivity contribution in [3.05, 3.63) is 36.3 Å². The van der Waals surface area contributed by atoms with Crippen molar-refractivity contribution in [2.45, 2.75) is 57.9 Å². The summed E-state index contributed by atoms with van der Waals surface area (Å²) in [6, 6.07) is 5.87. The first-order valence-corrected chi connectivity index (χ1v) is 14.4. The molecule has 220 valence electrons. The number of carbonyl (C=O) groups is 1. The molecule has 1 aliphatic heterocycles. The second-order valence-corrected chi connectivity index (χ2v) is 12.9. The number of hydrogen-bond acceptors (Lipinski definition) is 9. The molecule has 2 saturated carbocycles. The lowest BCUT2D eigenvalue weighted by Gasteiger charge is -2.53. The second kappa shape index (κ2) is 9.69. The first kappa shape index (κ1) is 26.7. The van der Waals surface area contributed by atoms with Gasteiger partial charge >= 0.3 is 0 Å². The van der Waals surface area contributed by atoms with Crippen molar-refractivity contribution in [1.29, 1.82) is 0 Å². The van der Waals surface area contributed by atoms with Crippen LogP contribution < -0.4 is 20.1 Å². The molecule has 0 aromatic carbocycles. The molecule has 4 aromatic heterocycles. The number of anilines is 3. The van der Waals surface area contributed by atoms with E-state index in [1.54, 1.807) is 31.6 Å². The van der Waals surface area contributed by atoms with Crippen LogP contribution in [0.15, 0.2) is 30.6 Å². The van der Waals surface area contributed by atoms with Gasteiger partial charge in [0.1, 0.15) is 22.6 Å². The van der Waals surface area contributed by atoms with Crippen LogP contribution in [0.1, 0.15) is 58.2 Å². The van der Waals surface area contributed by atoms with E-state index < -0.39 is 0 Å². The minimum atomic E-state index is -0.0644. The molecule has 3 aliphatic rings. The number of amides is 1. The number of methoxy groups -OCH3 is 1. The Morgan fingerprint density at radius 2 is 1.93 bits per heavy atom. The number of ether oxygens (including phenoxy) is 3. The molecular weight excluding hydrogens is 536 g/mol. The van der Waals surface area contributed by atoms with Gasteiger partial charge in [0.25, 0.3) is 5.88 Å². The summed E-state index contributed by atoms with van der Waals surface area (Å²) < 4.78 is 21.5. The first-order valence-electron chi connectivity index (χ1n) is 14.4. The van der Waals surface area contributed by atoms with Crippen LogP contribution in [0.4, 0.5) is 17.6 Å². The Bertz CT molecular complexity index is 1670. The minimum Gasteiger partial charge on any atom is -0.490 e. The van der Waals surface area contributed by atoms with Crippen molar-refractivity contribution < 1.29 is 19.0 Å². The lowest BCUT2D eigenvalue weighted by molar-refractivity contribution is -0.176. The molecule has 1 spiro atoms. The van der Waals surface area contributed by atoms with Gasteiger partial charge in [-0.05, 0) is 31.7 Å². The van der Waals surface area contributed by atoms with Crippen LogP contribution in [0.25, 0.3) is 11.0 Å². The number of imidazole rings is 1. The molecule has 7 rings (SSSR count). The number of rotatable bonds is 8. The number of nitrogens with one attached hydrogen (secondary N) is 2. The summed E-state index contributed by atoms with van der Waals surface area (Å²) in [5.74, 6) is 3.05. The molecule has 4 aromatic rings. The Balaban J connectivity index is 1.15. The van der Waals surface area contributed by atoms with Gasteiger partial charge in [0, 0.05) is 47.8 Å². The summed E-state index contributed by atoms with van der Waals surface area (Å²) in [5.41, 5.74) is 2.84. The molecule has 12 heteroatoms. The van der Waals surface area contributed by atoms with Gasteiger partial charge in [-0.25, -0.2) is 15.0 Å². The van der Waals surface area contributed by atoms with Gasteiger partial charge in [0.2, 0.25) is 17.6 Å². The van der Waals surface area contributed by atoms with Crippen molar-refractivity contribution in [1.82, 2.24) is 29.3 Å². The molecule has 0 unspecified atom stereocenters. The van der Waals surface area contributed by atoms with Crippen LogP contribution in [-0.2, 0) is 22.0 Å². The summed E-state index contributed by atoms with van der Waals surface area (Å²) in [5, 5.41) is 11.3. The number of fused-ring (bicyclic) bond motifs is 1. The van der Waals surface area contributed by atoms with E-state index in [0.717, 1.165) is 50.2 Å². The molecule has 2 aliphatic carbocycles. The van der Waals surface area contributed by atoms with Gasteiger partial charge in [-0.2, -0.15) is 5.10 Å². The zero-order valence-electron chi connectivity index (χ0n) is 24.6. The average molecular weight is 573 g/mol. The maximum Gasteiger partial charge on any atom is 0.264 e. The summed E-state index contributed by atoms with van der Waals surface area (Å²) in [7, 11) is 3.49. The third-order valence-electron chi connectivity index (χ3n) is 8.43. The van der Waals surface area contributed by atoms with Crippen LogP contribution in [0.2, 0.25) is 0 Å². The molecular formula is C30H36N8O4. The van der Waals surface area contributed by atoms with Gasteiger partial charge in [-0.1, -0.05) is 20.8 Å². The van der Waals surface area contributed by atoms with Gasteiger partial charge in [0.15, 0.2) is 5.82 Å². The lowest BCUT2D eigenvalue weighted by Crippen LogP contribution is -2.53. The van der Waals surface area contributed by atoms with Crippen LogP contribution in [-0.4, -0.2) is 55.5 Å². The maximum absolute atomic E-state index is 12.2. The zero-order valence-corrected chi connectivity index (χ0v) is 24.6. The van der Waals surface area contributed by atoms with E-state index in [1.807, 2.05) is 11.6 Å². The summed E-state index contributed by atoms with van der Waals surface area (Å²) in [4.78, 5) is 25.7. The zero-order chi connectivity index (χ0) is 29.2. The topological polar surface area (TPSA) is 130 Å². The van der Waals surface area contributed by atoms with Crippen LogP contribution in [0, 0.1) is 11.3 Å². The van der Waals surface area contributed by atoms with E-state index >= 15 is 0 Å². The Labute approximate surface area is 243 Å². The summed E-state index contributed by atoms with van der Waals surface area (Å²) >= 11 is 0. The Kier molecular flexibility index (Phi) is 6.16. The Morgan fingerprint density at radius 1 is 1.14 bits per heavy atom. The molecule has 0 bridgehead atoms. The standard InChI is InChI=1S/C30H36N8O4/c1-29(2,3)21-11-23(36-38(21)18-12-30(13-18)15-41-16-30)35-28-33-20-14-32-27(25(40-5)24(20)37(28)4)42-19-8-9-31-22(10-19)34-26(39)17-6-7-17/h8-11,14,17-18H,6-7,12-13,15-16H2,1-5H3,(H,31,34,39)(H,33,35,36). The third-order valence-corrected chi connectivity index (χ3v) is 8.43. The highest BCUT2D eigenvalue weighted by Gasteiger charge is 2.51. The average Bonchev–Trinajstić information content (AvgIpc) is 3.59. The van der Waals surface area contributed by atoms with Crippen LogP contribution in [0.3, 0.4) is 0 Å². The minimum absolute atomic E-state index is 0.0179. The number of aromatic nitrogens is 6. The smallest absolute Gasteiger partial charge is 0.264 e. The van der Waals surface area contributed by atoms with Gasteiger partial charge in [0.05, 0.1) is 32.6 Å². The van der Waals surface area contributed by atoms with Crippen molar-refractivity contribution in [3.63, 3.8) is 0 Å². The molecule has 5 heterocycles. The van der Waals surface area contributed by atoms with E-state index in [4.69, 9.17) is 24.3 Å². The Hall–Kier alpha value is -4.19. The largest absolute Gasteiger partial charge is 0.490 e. The number of pyridine rings is 2. The van der Waals surface area contributed by atoms with Gasteiger partial charge in [-0.3, -0.25) is 9.48 Å². The van der Waals surface area contributed by atoms with E-state index in [0.29, 0.717) is 40.2 Å². The fraction of sp³-hybridized carbons (Fsp3) is 0.500. The molecule has 42 heavy (non-hydrogen) atoms. The molecule has 1 amide bonds. The van der Waals surface area contributed by atoms with E-state index in [9.17, 15) is 4.79 Å². The highest BCUT2D eigenvalue weighted by atomic mass is 16.5. The maximum atomic E-state index is 12.2. The number of hydrogen-bond donors (Lipinski definition) is 2. The quantitative estimate of drug-likeness (QED) is 0.296. The molecule has 3 fully saturated rings. The van der Waals surface area contributed by atoms with Gasteiger partial charge < -0.3 is 29.4 Å². The highest BCUT2D eigenvalue weighted by molar-refractivity contribution is 5.93. The van der Waals surface area contributed by atoms with Crippen molar-refractivity contribution in [3.8, 4) is 17.4 Å². The SMILES string of the molecule is COc1c(Oc2ccnc(NC(=O)C3CC3)c2)ncc2nc(Nc3cc(C(C)(C)C)n(C4CC5(COC5)C4)n3)n(C)c12. The van der Waals surface area contributed by atoms with E-state index in [1.165, 1.54) is 5.69 Å². The van der Waals surface area contributed by atoms with Crippen LogP contribution >= 0.6 is 0 Å². The van der Waals surface area contributed by atoms with Crippen molar-refractivity contribution >= 4 is 34.5 Å². The number of nitrogens with zero attached hydrogens (tertiary/aromatic N) is 6. The molecule has 2 N–H and O–H groups in total. The second-order valence-electron chi connectivity index (χ2n) is 12.9. The predicted molar refractivity (Wildman–Crippen MR) is 156 cm³/mol. The molecule has 0 radical (unpaired) electrons. The molecule has 0 atom stereocenters. The Morgan fingerprint density at radius 3 is 2.60 bits per heavy atom. The number of aryl methyl sites for hydroxylation is 1. The van der Waals surface area contributed by atoms with Gasteiger partial charge in [-0.15, -0.1) is 0 Å². The first-order chi connectivity index (χ1) is 20.1.